The fourth-order valence-corrected chi connectivity index (χ4v) is 9.55. The zero-order chi connectivity index (χ0) is 35.3. The minimum atomic E-state index is -0.237. The van der Waals surface area contributed by atoms with Crippen LogP contribution >= 0.6 is 11.3 Å². The van der Waals surface area contributed by atoms with Crippen LogP contribution in [0.2, 0.25) is 0 Å². The van der Waals surface area contributed by atoms with Crippen molar-refractivity contribution in [1.82, 2.24) is 15.0 Å². The summed E-state index contributed by atoms with van der Waals surface area (Å²) in [6.45, 7) is 4.67. The van der Waals surface area contributed by atoms with E-state index in [4.69, 9.17) is 19.4 Å². The van der Waals surface area contributed by atoms with Crippen molar-refractivity contribution in [3.05, 3.63) is 163 Å². The minimum Gasteiger partial charge on any atom is -0.455 e. The van der Waals surface area contributed by atoms with Crippen LogP contribution in [0.5, 0.6) is 0 Å². The molecule has 11 rings (SSSR count). The molecule has 0 amide bonds. The SMILES string of the molecule is CC1(C)c2cc(-c3cccc4sc5ccccc5c34)ccc2-c2c(-c3nc(-c4ccccc4)nc(-c4cccc5c4oc4ccccc45)n3)cccc21. The van der Waals surface area contributed by atoms with Crippen molar-refractivity contribution < 1.29 is 4.42 Å². The lowest BCUT2D eigenvalue weighted by Gasteiger charge is -2.22. The number of hydrogen-bond donors (Lipinski definition) is 0. The lowest BCUT2D eigenvalue weighted by molar-refractivity contribution is 0.660. The number of benzene rings is 7. The van der Waals surface area contributed by atoms with Crippen molar-refractivity contribution in [2.24, 2.45) is 0 Å². The highest BCUT2D eigenvalue weighted by Crippen LogP contribution is 2.53. The standard InChI is InChI=1S/C48H31N3OS/c1-48(2)37-21-11-19-35(42(37)33-26-25-29(27-38(33)48)30-17-12-24-41-43(30)34-16-7-9-23-40(34)53-41)46-49-45(28-13-4-3-5-14-28)50-47(51-46)36-20-10-18-32-31-15-6-8-22-39(31)52-44(32)36/h3-27H,1-2H3. The van der Waals surface area contributed by atoms with Gasteiger partial charge in [0.1, 0.15) is 11.2 Å². The van der Waals surface area contributed by atoms with E-state index in [1.807, 2.05) is 53.8 Å². The number of nitrogens with zero attached hydrogens (tertiary/aromatic N) is 3. The predicted molar refractivity (Wildman–Crippen MR) is 219 cm³/mol. The van der Waals surface area contributed by atoms with Crippen LogP contribution in [0.4, 0.5) is 0 Å². The molecule has 1 aliphatic carbocycles. The zero-order valence-electron chi connectivity index (χ0n) is 29.1. The van der Waals surface area contributed by atoms with Crippen molar-refractivity contribution in [2.45, 2.75) is 19.3 Å². The molecule has 250 valence electrons. The van der Waals surface area contributed by atoms with E-state index in [0.717, 1.165) is 38.6 Å². The molecule has 0 aliphatic heterocycles. The third-order valence-corrected chi connectivity index (χ3v) is 12.1. The first-order valence-electron chi connectivity index (χ1n) is 17.9. The molecule has 0 fully saturated rings. The molecular weight excluding hydrogens is 667 g/mol. The minimum absolute atomic E-state index is 0.237. The third-order valence-electron chi connectivity index (χ3n) is 11.0. The second-order valence-corrected chi connectivity index (χ2v) is 15.4. The number of aromatic nitrogens is 3. The number of hydrogen-bond acceptors (Lipinski definition) is 5. The summed E-state index contributed by atoms with van der Waals surface area (Å²) < 4.78 is 9.10. The smallest absolute Gasteiger partial charge is 0.167 e. The van der Waals surface area contributed by atoms with Crippen molar-refractivity contribution in [3.8, 4) is 56.4 Å². The Morgan fingerprint density at radius 2 is 1.13 bits per heavy atom. The largest absolute Gasteiger partial charge is 0.455 e. The Kier molecular flexibility index (Phi) is 6.43. The number of para-hydroxylation sites is 2. The van der Waals surface area contributed by atoms with Gasteiger partial charge in [0.05, 0.1) is 5.56 Å². The summed E-state index contributed by atoms with van der Waals surface area (Å²) in [6, 6.07) is 53.5. The zero-order valence-corrected chi connectivity index (χ0v) is 29.9. The van der Waals surface area contributed by atoms with Gasteiger partial charge in [0, 0.05) is 47.5 Å². The highest BCUT2D eigenvalue weighted by atomic mass is 32.1. The Morgan fingerprint density at radius 3 is 2.02 bits per heavy atom. The molecule has 0 saturated carbocycles. The van der Waals surface area contributed by atoms with Crippen molar-refractivity contribution in [2.75, 3.05) is 0 Å². The highest BCUT2D eigenvalue weighted by molar-refractivity contribution is 7.25. The van der Waals surface area contributed by atoms with Gasteiger partial charge in [0.25, 0.3) is 0 Å². The molecule has 0 unspecified atom stereocenters. The van der Waals surface area contributed by atoms with Gasteiger partial charge in [-0.15, -0.1) is 11.3 Å². The van der Waals surface area contributed by atoms with Gasteiger partial charge in [-0.25, -0.2) is 15.0 Å². The van der Waals surface area contributed by atoms with Crippen LogP contribution in [-0.4, -0.2) is 15.0 Å². The van der Waals surface area contributed by atoms with Crippen LogP contribution in [0, 0.1) is 0 Å². The summed E-state index contributed by atoms with van der Waals surface area (Å²) in [4.78, 5) is 15.5. The molecule has 10 aromatic rings. The quantitative estimate of drug-likeness (QED) is 0.184. The molecule has 4 nitrogen and oxygen atoms in total. The summed E-state index contributed by atoms with van der Waals surface area (Å²) in [6.07, 6.45) is 0. The summed E-state index contributed by atoms with van der Waals surface area (Å²) >= 11 is 1.86. The van der Waals surface area contributed by atoms with Gasteiger partial charge in [0.2, 0.25) is 0 Å². The second kappa shape index (κ2) is 11.3. The first kappa shape index (κ1) is 30.2. The monoisotopic (exact) mass is 697 g/mol. The number of thiophene rings is 1. The van der Waals surface area contributed by atoms with E-state index >= 15 is 0 Å². The van der Waals surface area contributed by atoms with Crippen LogP contribution < -0.4 is 0 Å². The molecule has 3 aromatic heterocycles. The van der Waals surface area contributed by atoms with Gasteiger partial charge in [-0.1, -0.05) is 135 Å². The molecule has 3 heterocycles. The van der Waals surface area contributed by atoms with Crippen LogP contribution in [0.3, 0.4) is 0 Å². The van der Waals surface area contributed by atoms with Crippen LogP contribution in [0.15, 0.2) is 156 Å². The highest BCUT2D eigenvalue weighted by Gasteiger charge is 2.38. The first-order chi connectivity index (χ1) is 26.0. The molecule has 0 bridgehead atoms. The lowest BCUT2D eigenvalue weighted by Crippen LogP contribution is -2.15. The molecule has 0 N–H and O–H groups in total. The van der Waals surface area contributed by atoms with Crippen molar-refractivity contribution in [3.63, 3.8) is 0 Å². The van der Waals surface area contributed by atoms with Crippen molar-refractivity contribution in [1.29, 1.82) is 0 Å². The Hall–Kier alpha value is -6.43. The molecule has 5 heteroatoms. The van der Waals surface area contributed by atoms with E-state index in [0.29, 0.717) is 17.5 Å². The fourth-order valence-electron chi connectivity index (χ4n) is 8.41. The number of fused-ring (bicyclic) bond motifs is 9. The molecule has 0 atom stereocenters. The van der Waals surface area contributed by atoms with Gasteiger partial charge in [-0.3, -0.25) is 0 Å². The van der Waals surface area contributed by atoms with Gasteiger partial charge in [0.15, 0.2) is 17.5 Å². The average molecular weight is 698 g/mol. The third kappa shape index (κ3) is 4.51. The topological polar surface area (TPSA) is 51.8 Å². The maximum atomic E-state index is 6.47. The first-order valence-corrected chi connectivity index (χ1v) is 18.8. The van der Waals surface area contributed by atoms with Crippen molar-refractivity contribution >= 4 is 53.4 Å². The van der Waals surface area contributed by atoms with E-state index in [2.05, 4.69) is 123 Å². The number of furan rings is 1. The average Bonchev–Trinajstić information content (AvgIpc) is 3.86. The van der Waals surface area contributed by atoms with E-state index in [1.165, 1.54) is 53.6 Å². The van der Waals surface area contributed by atoms with E-state index in [9.17, 15) is 0 Å². The molecule has 0 saturated heterocycles. The van der Waals surface area contributed by atoms with Gasteiger partial charge in [-0.05, 0) is 63.7 Å². The maximum absolute atomic E-state index is 6.47. The van der Waals surface area contributed by atoms with Gasteiger partial charge in [-0.2, -0.15) is 0 Å². The summed E-state index contributed by atoms with van der Waals surface area (Å²) in [7, 11) is 0. The Morgan fingerprint density at radius 1 is 0.472 bits per heavy atom. The summed E-state index contributed by atoms with van der Waals surface area (Å²) in [5.74, 6) is 1.85. The van der Waals surface area contributed by atoms with E-state index < -0.39 is 0 Å². The van der Waals surface area contributed by atoms with Crippen LogP contribution in [0.1, 0.15) is 25.0 Å². The molecular formula is C48H31N3OS. The number of rotatable bonds is 4. The molecule has 0 radical (unpaired) electrons. The molecule has 53 heavy (non-hydrogen) atoms. The Balaban J connectivity index is 1.12. The van der Waals surface area contributed by atoms with Gasteiger partial charge < -0.3 is 4.42 Å². The lowest BCUT2D eigenvalue weighted by atomic mass is 9.81. The normalized spacial score (nSPS) is 13.2. The predicted octanol–water partition coefficient (Wildman–Crippen LogP) is 13.1. The summed E-state index contributed by atoms with van der Waals surface area (Å²) in [5.41, 5.74) is 11.6. The second-order valence-electron chi connectivity index (χ2n) is 14.3. The van der Waals surface area contributed by atoms with Crippen LogP contribution in [-0.2, 0) is 5.41 Å². The van der Waals surface area contributed by atoms with Gasteiger partial charge >= 0.3 is 0 Å². The Bertz CT molecular complexity index is 3100. The van der Waals surface area contributed by atoms with E-state index in [1.54, 1.807) is 0 Å². The van der Waals surface area contributed by atoms with Crippen LogP contribution in [0.25, 0.3) is 98.5 Å². The molecule has 1 aliphatic rings. The molecule has 7 aromatic carbocycles. The maximum Gasteiger partial charge on any atom is 0.167 e. The fraction of sp³-hybridized carbons (Fsp3) is 0.0625. The Labute approximate surface area is 310 Å². The molecule has 0 spiro atoms. The van der Waals surface area contributed by atoms with E-state index in [-0.39, 0.29) is 5.41 Å². The summed E-state index contributed by atoms with van der Waals surface area (Å²) in [5, 5.41) is 4.75.